The minimum atomic E-state index is -0.687. The number of hydrogen-bond acceptors (Lipinski definition) is 6. The molecule has 1 saturated carbocycles. The van der Waals surface area contributed by atoms with Crippen molar-refractivity contribution < 1.29 is 4.39 Å². The van der Waals surface area contributed by atoms with Crippen molar-refractivity contribution in [3.8, 4) is 6.07 Å². The van der Waals surface area contributed by atoms with E-state index in [0.717, 1.165) is 25.8 Å². The van der Waals surface area contributed by atoms with Crippen LogP contribution in [0.4, 0.5) is 4.39 Å². The molecule has 4 rings (SSSR count). The van der Waals surface area contributed by atoms with Gasteiger partial charge in [0.1, 0.15) is 5.82 Å². The Bertz CT molecular complexity index is 1180. The average Bonchev–Trinajstić information content (AvgIpc) is 3.48. The molecule has 166 valence electrons. The van der Waals surface area contributed by atoms with E-state index in [0.29, 0.717) is 40.8 Å². The third-order valence-electron chi connectivity index (χ3n) is 6.91. The fourth-order valence-electron chi connectivity index (χ4n) is 5.22. The highest BCUT2D eigenvalue weighted by Gasteiger charge is 2.43. The Labute approximate surface area is 180 Å². The Balaban J connectivity index is 2.02. The van der Waals surface area contributed by atoms with Gasteiger partial charge in [-0.3, -0.25) is 14.3 Å². The van der Waals surface area contributed by atoms with Gasteiger partial charge in [-0.15, -0.1) is 0 Å². The smallest absolute Gasteiger partial charge is 0.332 e. The normalized spacial score (nSPS) is 22.2. The lowest BCUT2D eigenvalue weighted by molar-refractivity contribution is 0.110. The molecule has 2 aliphatic rings. The zero-order valence-electron chi connectivity index (χ0n) is 18.2. The summed E-state index contributed by atoms with van der Waals surface area (Å²) >= 11 is 0. The van der Waals surface area contributed by atoms with Crippen molar-refractivity contribution in [2.24, 2.45) is 5.41 Å². The number of nitriles is 1. The van der Waals surface area contributed by atoms with Crippen LogP contribution in [0.1, 0.15) is 55.8 Å². The van der Waals surface area contributed by atoms with Crippen molar-refractivity contribution in [3.05, 3.63) is 43.8 Å². The number of halogens is 1. The van der Waals surface area contributed by atoms with Gasteiger partial charge in [-0.25, -0.2) is 9.18 Å². The first-order valence-electron chi connectivity index (χ1n) is 10.7. The van der Waals surface area contributed by atoms with E-state index in [-0.39, 0.29) is 22.9 Å². The number of rotatable bonds is 6. The largest absolute Gasteiger partial charge is 0.350 e. The lowest BCUT2D eigenvalue weighted by atomic mass is 9.75. The summed E-state index contributed by atoms with van der Waals surface area (Å²) in [5.41, 5.74) is 0.0405. The van der Waals surface area contributed by atoms with E-state index in [4.69, 9.17) is 11.1 Å². The van der Waals surface area contributed by atoms with Gasteiger partial charge in [0.2, 0.25) is 0 Å². The molecule has 8 nitrogen and oxygen atoms in total. The Kier molecular flexibility index (Phi) is 5.40. The molecule has 1 aliphatic heterocycles. The SMILES string of the molecule is Cc1c(C(N(C)CCC#N)C2(C)CCNC2)c(F)cc2c(=O)n(N)c(=O)n(C3CC3)c12. The molecule has 1 aromatic carbocycles. The molecule has 0 radical (unpaired) electrons. The van der Waals surface area contributed by atoms with Crippen LogP contribution in [0.15, 0.2) is 15.7 Å². The van der Waals surface area contributed by atoms with Gasteiger partial charge >= 0.3 is 5.69 Å². The molecule has 31 heavy (non-hydrogen) atoms. The number of aryl methyl sites for hydroxylation is 1. The summed E-state index contributed by atoms with van der Waals surface area (Å²) in [6.07, 6.45) is 2.83. The van der Waals surface area contributed by atoms with Crippen molar-refractivity contribution >= 4 is 10.9 Å². The number of benzene rings is 1. The van der Waals surface area contributed by atoms with E-state index in [1.165, 1.54) is 6.07 Å². The van der Waals surface area contributed by atoms with E-state index in [2.05, 4.69) is 18.3 Å². The van der Waals surface area contributed by atoms with Crippen LogP contribution in [0.25, 0.3) is 10.9 Å². The third-order valence-corrected chi connectivity index (χ3v) is 6.91. The molecule has 1 saturated heterocycles. The van der Waals surface area contributed by atoms with Crippen molar-refractivity contribution in [1.29, 1.82) is 5.26 Å². The van der Waals surface area contributed by atoms with Crippen molar-refractivity contribution in [2.75, 3.05) is 32.5 Å². The second-order valence-corrected chi connectivity index (χ2v) is 9.22. The molecule has 9 heteroatoms. The summed E-state index contributed by atoms with van der Waals surface area (Å²) in [5, 5.41) is 12.6. The Morgan fingerprint density at radius 2 is 2.16 bits per heavy atom. The van der Waals surface area contributed by atoms with Gasteiger partial charge in [-0.05, 0) is 51.4 Å². The van der Waals surface area contributed by atoms with E-state index in [1.54, 1.807) is 11.5 Å². The zero-order chi connectivity index (χ0) is 22.5. The van der Waals surface area contributed by atoms with Gasteiger partial charge in [-0.1, -0.05) is 6.92 Å². The average molecular weight is 429 g/mol. The standard InChI is InChI=1S/C22H29FN6O2/c1-13-17(19(27(3)10-4-8-24)22(2)7-9-26-12-22)16(23)11-15-18(13)28(14-5-6-14)21(31)29(25)20(15)30/h11,14,19,26H,4-7,9-10,12,25H2,1-3H3. The van der Waals surface area contributed by atoms with Crippen LogP contribution in [0, 0.1) is 29.5 Å². The summed E-state index contributed by atoms with van der Waals surface area (Å²) in [5.74, 6) is 5.26. The fraction of sp³-hybridized carbons (Fsp3) is 0.591. The number of nitrogens with zero attached hydrogens (tertiary/aromatic N) is 4. The monoisotopic (exact) mass is 428 g/mol. The van der Waals surface area contributed by atoms with E-state index in [9.17, 15) is 9.59 Å². The molecule has 1 aliphatic carbocycles. The van der Waals surface area contributed by atoms with E-state index < -0.39 is 17.1 Å². The molecule has 2 fully saturated rings. The number of nitrogens with one attached hydrogen (secondary N) is 1. The number of fused-ring (bicyclic) bond motifs is 1. The Hall–Kier alpha value is -2.70. The van der Waals surface area contributed by atoms with Crippen LogP contribution < -0.4 is 22.4 Å². The van der Waals surface area contributed by atoms with Gasteiger partial charge in [-0.2, -0.15) is 9.94 Å². The fourth-order valence-corrected chi connectivity index (χ4v) is 5.22. The van der Waals surface area contributed by atoms with Crippen LogP contribution in [-0.2, 0) is 0 Å². The number of hydrogen-bond donors (Lipinski definition) is 2. The molecular formula is C22H29FN6O2. The van der Waals surface area contributed by atoms with Crippen LogP contribution in [0.3, 0.4) is 0 Å². The second-order valence-electron chi connectivity index (χ2n) is 9.22. The molecule has 2 aromatic rings. The maximum Gasteiger partial charge on any atom is 0.350 e. The molecule has 2 atom stereocenters. The molecule has 0 spiro atoms. The lowest BCUT2D eigenvalue weighted by Gasteiger charge is -2.41. The summed E-state index contributed by atoms with van der Waals surface area (Å²) < 4.78 is 17.9. The van der Waals surface area contributed by atoms with Crippen molar-refractivity contribution in [2.45, 2.75) is 51.6 Å². The molecule has 3 N–H and O–H groups in total. The summed E-state index contributed by atoms with van der Waals surface area (Å²) in [6.45, 7) is 5.95. The van der Waals surface area contributed by atoms with Crippen LogP contribution >= 0.6 is 0 Å². The zero-order valence-corrected chi connectivity index (χ0v) is 18.2. The molecule has 0 amide bonds. The Morgan fingerprint density at radius 1 is 1.45 bits per heavy atom. The van der Waals surface area contributed by atoms with Crippen molar-refractivity contribution in [1.82, 2.24) is 19.5 Å². The molecule has 2 heterocycles. The quantitative estimate of drug-likeness (QED) is 0.676. The summed E-state index contributed by atoms with van der Waals surface area (Å²) in [6, 6.07) is 3.06. The first kappa shape index (κ1) is 21.5. The van der Waals surface area contributed by atoms with Gasteiger partial charge in [0.25, 0.3) is 5.56 Å². The summed E-state index contributed by atoms with van der Waals surface area (Å²) in [4.78, 5) is 27.6. The Morgan fingerprint density at radius 3 is 2.74 bits per heavy atom. The van der Waals surface area contributed by atoms with Gasteiger partial charge < -0.3 is 11.2 Å². The highest BCUT2D eigenvalue weighted by molar-refractivity contribution is 5.83. The third kappa shape index (κ3) is 3.44. The minimum absolute atomic E-state index is 0.0269. The predicted octanol–water partition coefficient (Wildman–Crippen LogP) is 1.55. The minimum Gasteiger partial charge on any atom is -0.332 e. The van der Waals surface area contributed by atoms with Crippen LogP contribution in [0.5, 0.6) is 0 Å². The summed E-state index contributed by atoms with van der Waals surface area (Å²) in [7, 11) is 1.90. The first-order valence-corrected chi connectivity index (χ1v) is 10.7. The van der Waals surface area contributed by atoms with Crippen LogP contribution in [0.2, 0.25) is 0 Å². The highest BCUT2D eigenvalue weighted by atomic mass is 19.1. The predicted molar refractivity (Wildman–Crippen MR) is 117 cm³/mol. The number of nitrogen functional groups attached to an aromatic ring is 1. The van der Waals surface area contributed by atoms with E-state index in [1.807, 2.05) is 11.9 Å². The maximum atomic E-state index is 15.7. The highest BCUT2D eigenvalue weighted by Crippen LogP contribution is 2.46. The maximum absolute atomic E-state index is 15.7. The molecular weight excluding hydrogens is 399 g/mol. The van der Waals surface area contributed by atoms with Gasteiger partial charge in [0, 0.05) is 42.6 Å². The first-order chi connectivity index (χ1) is 14.7. The second kappa shape index (κ2) is 7.77. The molecule has 2 unspecified atom stereocenters. The van der Waals surface area contributed by atoms with Crippen molar-refractivity contribution in [3.63, 3.8) is 0 Å². The number of nitrogens with two attached hydrogens (primary N) is 1. The topological polar surface area (TPSA) is 109 Å². The van der Waals surface area contributed by atoms with Crippen LogP contribution in [-0.4, -0.2) is 40.8 Å². The van der Waals surface area contributed by atoms with Gasteiger partial charge in [0.05, 0.1) is 17.0 Å². The van der Waals surface area contributed by atoms with Gasteiger partial charge in [0.15, 0.2) is 0 Å². The lowest BCUT2D eigenvalue weighted by Crippen LogP contribution is -2.45. The molecule has 1 aromatic heterocycles. The molecule has 0 bridgehead atoms. The number of aromatic nitrogens is 2. The van der Waals surface area contributed by atoms with E-state index >= 15 is 4.39 Å².